The molecule has 1 saturated carbocycles. The second kappa shape index (κ2) is 5.16. The Morgan fingerprint density at radius 1 is 1.45 bits per heavy atom. The average Bonchev–Trinajstić information content (AvgIpc) is 3.09. The summed E-state index contributed by atoms with van der Waals surface area (Å²) >= 11 is 1.53. The fraction of sp³-hybridized carbons (Fsp3) is 0.643. The first kappa shape index (κ1) is 13.5. The number of nitrogens with zero attached hydrogens (tertiary/aromatic N) is 2. The van der Waals surface area contributed by atoms with Gasteiger partial charge in [-0.15, -0.1) is 11.3 Å². The minimum atomic E-state index is -0.398. The molecule has 2 fully saturated rings. The number of carbonyl (C=O) groups is 2. The van der Waals surface area contributed by atoms with Crippen LogP contribution in [0.25, 0.3) is 0 Å². The molecule has 3 rings (SSSR count). The summed E-state index contributed by atoms with van der Waals surface area (Å²) in [5.41, 5.74) is 1.76. The highest BCUT2D eigenvalue weighted by Crippen LogP contribution is 2.38. The van der Waals surface area contributed by atoms with Gasteiger partial charge in [0.2, 0.25) is 11.8 Å². The summed E-state index contributed by atoms with van der Waals surface area (Å²) in [6.07, 6.45) is 3.85. The lowest BCUT2D eigenvalue weighted by Gasteiger charge is -2.40. The van der Waals surface area contributed by atoms with Crippen LogP contribution in [0.3, 0.4) is 0 Å². The smallest absolute Gasteiger partial charge is 0.246 e. The summed E-state index contributed by atoms with van der Waals surface area (Å²) in [4.78, 5) is 31.9. The van der Waals surface area contributed by atoms with Crippen LogP contribution < -0.4 is 5.32 Å². The summed E-state index contributed by atoms with van der Waals surface area (Å²) in [6, 6.07) is -0.690. The highest BCUT2D eigenvalue weighted by molar-refractivity contribution is 7.09. The first-order chi connectivity index (χ1) is 9.58. The Balaban J connectivity index is 1.86. The van der Waals surface area contributed by atoms with Crippen molar-refractivity contribution in [2.24, 2.45) is 11.8 Å². The van der Waals surface area contributed by atoms with Gasteiger partial charge in [-0.25, -0.2) is 0 Å². The zero-order valence-corrected chi connectivity index (χ0v) is 12.5. The highest BCUT2D eigenvalue weighted by atomic mass is 32.1. The van der Waals surface area contributed by atoms with E-state index in [0.29, 0.717) is 12.5 Å². The molecule has 5 nitrogen and oxygen atoms in total. The topological polar surface area (TPSA) is 62.3 Å². The molecule has 1 aromatic rings. The lowest BCUT2D eigenvalue weighted by atomic mass is 9.96. The van der Waals surface area contributed by atoms with Crippen molar-refractivity contribution in [3.05, 3.63) is 16.6 Å². The zero-order valence-electron chi connectivity index (χ0n) is 11.7. The third kappa shape index (κ3) is 2.44. The Morgan fingerprint density at radius 3 is 2.75 bits per heavy atom. The van der Waals surface area contributed by atoms with Gasteiger partial charge in [0, 0.05) is 11.1 Å². The number of amides is 2. The third-order valence-corrected chi connectivity index (χ3v) is 4.76. The maximum atomic E-state index is 12.7. The van der Waals surface area contributed by atoms with Crippen LogP contribution >= 0.6 is 11.3 Å². The molecule has 20 heavy (non-hydrogen) atoms. The van der Waals surface area contributed by atoms with Crippen LogP contribution in [0.4, 0.5) is 0 Å². The molecule has 1 aliphatic heterocycles. The number of thiazole rings is 1. The van der Waals surface area contributed by atoms with Crippen LogP contribution in [0, 0.1) is 11.8 Å². The largest absolute Gasteiger partial charge is 0.342 e. The van der Waals surface area contributed by atoms with Crippen molar-refractivity contribution < 1.29 is 9.59 Å². The standard InChI is InChI=1S/C14H19N3O2S/c1-8(2)11-14(19)17(6-10-5-15-7-20-10)12(9-3-4-9)13(18)16-11/h5,7-9,11-12H,3-4,6H2,1-2H3,(H,16,18). The molecular weight excluding hydrogens is 274 g/mol. The van der Waals surface area contributed by atoms with Crippen molar-refractivity contribution in [3.8, 4) is 0 Å². The van der Waals surface area contributed by atoms with E-state index in [0.717, 1.165) is 17.7 Å². The highest BCUT2D eigenvalue weighted by Gasteiger charge is 2.48. The Morgan fingerprint density at radius 2 is 2.20 bits per heavy atom. The molecule has 2 unspecified atom stereocenters. The van der Waals surface area contributed by atoms with Crippen molar-refractivity contribution in [2.45, 2.75) is 45.3 Å². The van der Waals surface area contributed by atoms with E-state index < -0.39 is 6.04 Å². The van der Waals surface area contributed by atoms with E-state index in [2.05, 4.69) is 10.3 Å². The number of carbonyl (C=O) groups excluding carboxylic acids is 2. The van der Waals surface area contributed by atoms with E-state index in [-0.39, 0.29) is 23.8 Å². The van der Waals surface area contributed by atoms with Crippen molar-refractivity contribution in [1.82, 2.24) is 15.2 Å². The van der Waals surface area contributed by atoms with Crippen LogP contribution in [0.15, 0.2) is 11.7 Å². The number of hydrogen-bond donors (Lipinski definition) is 1. The SMILES string of the molecule is CC(C)C1NC(=O)C(C2CC2)N(Cc2cncs2)C1=O. The van der Waals surface area contributed by atoms with Gasteiger partial charge in [0.15, 0.2) is 0 Å². The molecule has 0 spiro atoms. The van der Waals surface area contributed by atoms with Gasteiger partial charge in [-0.2, -0.15) is 0 Å². The van der Waals surface area contributed by atoms with Crippen LogP contribution in [-0.4, -0.2) is 33.8 Å². The summed E-state index contributed by atoms with van der Waals surface area (Å²) in [6.45, 7) is 4.43. The first-order valence-electron chi connectivity index (χ1n) is 7.06. The van der Waals surface area contributed by atoms with Gasteiger partial charge >= 0.3 is 0 Å². The molecule has 1 saturated heterocycles. The molecular formula is C14H19N3O2S. The maximum absolute atomic E-state index is 12.7. The minimum absolute atomic E-state index is 0.00955. The number of piperazine rings is 1. The van der Waals surface area contributed by atoms with Gasteiger partial charge in [-0.3, -0.25) is 14.6 Å². The number of aromatic nitrogens is 1. The van der Waals surface area contributed by atoms with E-state index in [1.165, 1.54) is 11.3 Å². The molecule has 1 aromatic heterocycles. The average molecular weight is 293 g/mol. The minimum Gasteiger partial charge on any atom is -0.342 e. The van der Waals surface area contributed by atoms with Crippen molar-refractivity contribution >= 4 is 23.2 Å². The third-order valence-electron chi connectivity index (χ3n) is 4.00. The van der Waals surface area contributed by atoms with Crippen molar-refractivity contribution in [1.29, 1.82) is 0 Å². The predicted molar refractivity (Wildman–Crippen MR) is 75.9 cm³/mol. The maximum Gasteiger partial charge on any atom is 0.246 e. The van der Waals surface area contributed by atoms with Crippen LogP contribution in [0.2, 0.25) is 0 Å². The Labute approximate surface area is 122 Å². The molecule has 6 heteroatoms. The fourth-order valence-corrected chi connectivity index (χ4v) is 3.35. The second-order valence-electron chi connectivity index (χ2n) is 5.95. The van der Waals surface area contributed by atoms with E-state index in [4.69, 9.17) is 0 Å². The first-order valence-corrected chi connectivity index (χ1v) is 7.94. The fourth-order valence-electron chi connectivity index (χ4n) is 2.75. The summed E-state index contributed by atoms with van der Waals surface area (Å²) in [5.74, 6) is 0.496. The summed E-state index contributed by atoms with van der Waals surface area (Å²) in [7, 11) is 0. The molecule has 2 heterocycles. The van der Waals surface area contributed by atoms with E-state index in [9.17, 15) is 9.59 Å². The molecule has 108 valence electrons. The second-order valence-corrected chi connectivity index (χ2v) is 6.92. The Hall–Kier alpha value is -1.43. The van der Waals surface area contributed by atoms with E-state index in [1.807, 2.05) is 13.8 Å². The predicted octanol–water partition coefficient (Wildman–Crippen LogP) is 1.40. The lowest BCUT2D eigenvalue weighted by Crippen LogP contribution is -2.64. The molecule has 1 N–H and O–H groups in total. The normalized spacial score (nSPS) is 27.1. The van der Waals surface area contributed by atoms with Gasteiger partial charge < -0.3 is 10.2 Å². The zero-order chi connectivity index (χ0) is 14.3. The summed E-state index contributed by atoms with van der Waals surface area (Å²) < 4.78 is 0. The van der Waals surface area contributed by atoms with E-state index in [1.54, 1.807) is 16.6 Å². The number of hydrogen-bond acceptors (Lipinski definition) is 4. The molecule has 0 aromatic carbocycles. The van der Waals surface area contributed by atoms with Crippen LogP contribution in [0.1, 0.15) is 31.6 Å². The van der Waals surface area contributed by atoms with Crippen LogP contribution in [0.5, 0.6) is 0 Å². The van der Waals surface area contributed by atoms with Gasteiger partial charge in [-0.05, 0) is 24.7 Å². The quantitative estimate of drug-likeness (QED) is 0.913. The van der Waals surface area contributed by atoms with Crippen molar-refractivity contribution in [3.63, 3.8) is 0 Å². The number of rotatable bonds is 4. The van der Waals surface area contributed by atoms with Crippen molar-refractivity contribution in [2.75, 3.05) is 0 Å². The molecule has 0 radical (unpaired) electrons. The Bertz CT molecular complexity index is 510. The molecule has 0 bridgehead atoms. The molecule has 2 atom stereocenters. The van der Waals surface area contributed by atoms with Gasteiger partial charge in [0.25, 0.3) is 0 Å². The lowest BCUT2D eigenvalue weighted by molar-refractivity contribution is -0.152. The van der Waals surface area contributed by atoms with Gasteiger partial charge in [-0.1, -0.05) is 13.8 Å². The Kier molecular flexibility index (Phi) is 3.50. The van der Waals surface area contributed by atoms with Gasteiger partial charge in [0.1, 0.15) is 12.1 Å². The number of nitrogens with one attached hydrogen (secondary N) is 1. The van der Waals surface area contributed by atoms with Gasteiger partial charge in [0.05, 0.1) is 12.1 Å². The molecule has 2 amide bonds. The van der Waals surface area contributed by atoms with E-state index >= 15 is 0 Å². The summed E-state index contributed by atoms with van der Waals surface area (Å²) in [5, 5.41) is 2.90. The molecule has 1 aliphatic carbocycles. The monoisotopic (exact) mass is 293 g/mol. The molecule has 2 aliphatic rings. The van der Waals surface area contributed by atoms with Crippen LogP contribution in [-0.2, 0) is 16.1 Å².